The van der Waals surface area contributed by atoms with Gasteiger partial charge in [0.2, 0.25) is 5.95 Å². The van der Waals surface area contributed by atoms with Crippen molar-refractivity contribution in [3.05, 3.63) is 95.9 Å². The fourth-order valence-corrected chi connectivity index (χ4v) is 5.57. The Hall–Kier alpha value is -4.29. The van der Waals surface area contributed by atoms with Crippen LogP contribution in [0.5, 0.6) is 0 Å². The van der Waals surface area contributed by atoms with E-state index in [4.69, 9.17) is 4.98 Å². The van der Waals surface area contributed by atoms with Gasteiger partial charge in [-0.3, -0.25) is 4.90 Å². The zero-order valence-electron chi connectivity index (χ0n) is 24.7. The lowest BCUT2D eigenvalue weighted by molar-refractivity contribution is 0.126. The highest BCUT2D eigenvalue weighted by Crippen LogP contribution is 2.31. The molecule has 1 aliphatic carbocycles. The Morgan fingerprint density at radius 2 is 1.63 bits per heavy atom. The Kier molecular flexibility index (Phi) is 9.24. The number of piperazine rings is 1. The van der Waals surface area contributed by atoms with Gasteiger partial charge in [-0.15, -0.1) is 0 Å². The van der Waals surface area contributed by atoms with Gasteiger partial charge in [0, 0.05) is 68.0 Å². The molecule has 3 N–H and O–H groups in total. The van der Waals surface area contributed by atoms with E-state index in [-0.39, 0.29) is 12.1 Å². The minimum absolute atomic E-state index is 0.204. The third-order valence-corrected chi connectivity index (χ3v) is 8.23. The normalized spacial score (nSPS) is 19.3. The van der Waals surface area contributed by atoms with E-state index < -0.39 is 0 Å². The molecule has 2 aliphatic rings. The van der Waals surface area contributed by atoms with Gasteiger partial charge in [-0.1, -0.05) is 36.3 Å². The highest BCUT2D eigenvalue weighted by molar-refractivity contribution is 5.76. The molecule has 0 bridgehead atoms. The fourth-order valence-electron chi connectivity index (χ4n) is 5.57. The van der Waals surface area contributed by atoms with Gasteiger partial charge in [0.15, 0.2) is 0 Å². The summed E-state index contributed by atoms with van der Waals surface area (Å²) in [5, 5.41) is 17.1. The van der Waals surface area contributed by atoms with Crippen molar-refractivity contribution in [1.29, 1.82) is 0 Å². The Balaban J connectivity index is 1.18. The summed E-state index contributed by atoms with van der Waals surface area (Å²) in [5.74, 6) is 7.59. The Morgan fingerprint density at radius 1 is 0.860 bits per heavy atom. The maximum Gasteiger partial charge on any atom is 0.229 e. The topological polar surface area (TPSA) is 89.4 Å². The second-order valence-electron chi connectivity index (χ2n) is 11.5. The highest BCUT2D eigenvalue weighted by atomic mass is 16.3. The average molecular weight is 574 g/mol. The van der Waals surface area contributed by atoms with E-state index in [0.29, 0.717) is 5.95 Å². The summed E-state index contributed by atoms with van der Waals surface area (Å²) in [6, 6.07) is 22.7. The molecule has 2 fully saturated rings. The van der Waals surface area contributed by atoms with Gasteiger partial charge >= 0.3 is 0 Å². The average Bonchev–Trinajstić information content (AvgIpc) is 3.04. The molecule has 1 saturated carbocycles. The molecule has 1 aliphatic heterocycles. The number of nitrogens with zero attached hydrogens (tertiary/aromatic N) is 5. The number of aliphatic hydroxyl groups excluding tert-OH is 1. The molecule has 6 rings (SSSR count). The molecule has 1 saturated heterocycles. The van der Waals surface area contributed by atoms with Crippen molar-refractivity contribution >= 4 is 17.5 Å². The standard InChI is InChI=1S/C35H39N7O/c1-41-20-22-42(23-21-41)25-27-5-10-28(11-6-27)33-24-37-35(40-34(33)38-30-15-17-32(43)18-16-30)39-31-13-8-26(9-14-31)7-12-29-4-2-3-19-36-29/h2-6,8-11,13-14,19,24,30,32,43H,15-18,20-23,25H2,1H3,(H2,37,38,39,40). The zero-order valence-corrected chi connectivity index (χ0v) is 24.7. The van der Waals surface area contributed by atoms with E-state index in [0.717, 1.165) is 92.3 Å². The first-order valence-electron chi connectivity index (χ1n) is 15.2. The third kappa shape index (κ3) is 7.96. The van der Waals surface area contributed by atoms with Crippen molar-refractivity contribution in [3.8, 4) is 23.0 Å². The van der Waals surface area contributed by atoms with Gasteiger partial charge in [0.25, 0.3) is 0 Å². The second-order valence-corrected chi connectivity index (χ2v) is 11.5. The van der Waals surface area contributed by atoms with Gasteiger partial charge in [0.05, 0.1) is 6.10 Å². The largest absolute Gasteiger partial charge is 0.393 e. The first-order chi connectivity index (χ1) is 21.1. The van der Waals surface area contributed by atoms with Crippen molar-refractivity contribution in [3.63, 3.8) is 0 Å². The van der Waals surface area contributed by atoms with Crippen LogP contribution in [0.1, 0.15) is 42.5 Å². The van der Waals surface area contributed by atoms with Gasteiger partial charge in [-0.25, -0.2) is 9.97 Å². The number of aromatic nitrogens is 3. The van der Waals surface area contributed by atoms with Gasteiger partial charge in [0.1, 0.15) is 11.5 Å². The lowest BCUT2D eigenvalue weighted by atomic mass is 9.93. The summed E-state index contributed by atoms with van der Waals surface area (Å²) in [4.78, 5) is 18.8. The molecule has 8 nitrogen and oxygen atoms in total. The van der Waals surface area contributed by atoms with E-state index in [1.807, 2.05) is 48.7 Å². The van der Waals surface area contributed by atoms with Crippen LogP contribution < -0.4 is 10.6 Å². The minimum atomic E-state index is -0.204. The lowest BCUT2D eigenvalue weighted by Crippen LogP contribution is -2.43. The van der Waals surface area contributed by atoms with E-state index in [9.17, 15) is 5.11 Å². The number of pyridine rings is 1. The Morgan fingerprint density at radius 3 is 2.35 bits per heavy atom. The third-order valence-electron chi connectivity index (χ3n) is 8.23. The Labute approximate surface area is 254 Å². The molecule has 0 spiro atoms. The fraction of sp³-hybridized carbons (Fsp3) is 0.343. The molecule has 220 valence electrons. The number of aliphatic hydroxyl groups is 1. The molecule has 43 heavy (non-hydrogen) atoms. The van der Waals surface area contributed by atoms with Gasteiger partial charge in [-0.2, -0.15) is 4.98 Å². The summed E-state index contributed by atoms with van der Waals surface area (Å²) in [7, 11) is 2.19. The predicted octanol–water partition coefficient (Wildman–Crippen LogP) is 5.14. The molecule has 0 radical (unpaired) electrons. The van der Waals surface area contributed by atoms with Crippen molar-refractivity contribution in [2.45, 2.75) is 44.4 Å². The molecule has 0 atom stereocenters. The predicted molar refractivity (Wildman–Crippen MR) is 172 cm³/mol. The molecule has 2 aromatic carbocycles. The zero-order chi connectivity index (χ0) is 29.4. The second kappa shape index (κ2) is 13.8. The Bertz CT molecular complexity index is 1530. The van der Waals surface area contributed by atoms with E-state index >= 15 is 0 Å². The quantitative estimate of drug-likeness (QED) is 0.262. The van der Waals surface area contributed by atoms with Crippen LogP contribution in [0.25, 0.3) is 11.1 Å². The van der Waals surface area contributed by atoms with E-state index in [1.165, 1.54) is 5.56 Å². The maximum absolute atomic E-state index is 10.0. The summed E-state index contributed by atoms with van der Waals surface area (Å²) in [6.45, 7) is 5.41. The molecule has 0 unspecified atom stereocenters. The van der Waals surface area contributed by atoms with Crippen molar-refractivity contribution < 1.29 is 5.11 Å². The van der Waals surface area contributed by atoms with Crippen molar-refractivity contribution in [2.24, 2.45) is 0 Å². The number of hydrogen-bond donors (Lipinski definition) is 3. The number of nitrogens with one attached hydrogen (secondary N) is 2. The number of likely N-dealkylation sites (N-methyl/N-ethyl adjacent to an activating group) is 1. The number of rotatable bonds is 7. The molecular weight excluding hydrogens is 534 g/mol. The van der Waals surface area contributed by atoms with Crippen LogP contribution in [0.2, 0.25) is 0 Å². The van der Waals surface area contributed by atoms with Crippen molar-refractivity contribution in [1.82, 2.24) is 24.8 Å². The monoisotopic (exact) mass is 573 g/mol. The molecule has 4 aromatic rings. The number of benzene rings is 2. The lowest BCUT2D eigenvalue weighted by Gasteiger charge is -2.32. The van der Waals surface area contributed by atoms with Crippen LogP contribution in [-0.4, -0.2) is 75.2 Å². The van der Waals surface area contributed by atoms with Crippen LogP contribution in [0.3, 0.4) is 0 Å². The van der Waals surface area contributed by atoms with Gasteiger partial charge in [-0.05, 0) is 86.2 Å². The van der Waals surface area contributed by atoms with Crippen LogP contribution in [-0.2, 0) is 6.54 Å². The molecule has 2 aromatic heterocycles. The number of hydrogen-bond acceptors (Lipinski definition) is 8. The number of anilines is 3. The van der Waals surface area contributed by atoms with E-state index in [1.54, 1.807) is 6.20 Å². The SMILES string of the molecule is CN1CCN(Cc2ccc(-c3cnc(Nc4ccc(C#Cc5ccccn5)cc4)nc3NC3CCC(O)CC3)cc2)CC1. The highest BCUT2D eigenvalue weighted by Gasteiger charge is 2.21. The smallest absolute Gasteiger partial charge is 0.229 e. The first kappa shape index (κ1) is 28.8. The molecule has 0 amide bonds. The van der Waals surface area contributed by atoms with Crippen LogP contribution in [0, 0.1) is 11.8 Å². The van der Waals surface area contributed by atoms with E-state index in [2.05, 4.69) is 73.6 Å². The summed E-state index contributed by atoms with van der Waals surface area (Å²) in [6.07, 6.45) is 6.88. The maximum atomic E-state index is 10.0. The molecule has 3 heterocycles. The minimum Gasteiger partial charge on any atom is -0.393 e. The van der Waals surface area contributed by atoms with Gasteiger partial charge < -0.3 is 20.6 Å². The van der Waals surface area contributed by atoms with Crippen molar-refractivity contribution in [2.75, 3.05) is 43.9 Å². The molecule has 8 heteroatoms. The van der Waals surface area contributed by atoms with Crippen LogP contribution in [0.4, 0.5) is 17.5 Å². The summed E-state index contributed by atoms with van der Waals surface area (Å²) >= 11 is 0. The summed E-state index contributed by atoms with van der Waals surface area (Å²) in [5.41, 5.74) is 5.92. The summed E-state index contributed by atoms with van der Waals surface area (Å²) < 4.78 is 0. The molecular formula is C35H39N7O. The van der Waals surface area contributed by atoms with Crippen LogP contribution >= 0.6 is 0 Å². The van der Waals surface area contributed by atoms with Crippen LogP contribution in [0.15, 0.2) is 79.1 Å². The first-order valence-corrected chi connectivity index (χ1v) is 15.2.